The van der Waals surface area contributed by atoms with E-state index in [-0.39, 0.29) is 12.1 Å². The minimum absolute atomic E-state index is 0.0942. The number of urea groups is 1. The highest BCUT2D eigenvalue weighted by Gasteiger charge is 2.29. The van der Waals surface area contributed by atoms with Gasteiger partial charge in [0.15, 0.2) is 5.82 Å². The summed E-state index contributed by atoms with van der Waals surface area (Å²) in [6.45, 7) is 4.52. The fourth-order valence-corrected chi connectivity index (χ4v) is 4.27. The molecule has 0 bridgehead atoms. The summed E-state index contributed by atoms with van der Waals surface area (Å²) in [5, 5.41) is 15.0. The highest BCUT2D eigenvalue weighted by Crippen LogP contribution is 2.24. The molecule has 8 nitrogen and oxygen atoms in total. The van der Waals surface area contributed by atoms with E-state index < -0.39 is 0 Å². The Bertz CT molecular complexity index is 538. The number of amides is 2. The van der Waals surface area contributed by atoms with Crippen LogP contribution in [0.3, 0.4) is 0 Å². The van der Waals surface area contributed by atoms with Crippen molar-refractivity contribution >= 4 is 6.03 Å². The molecule has 1 aromatic rings. The van der Waals surface area contributed by atoms with Crippen molar-refractivity contribution in [2.24, 2.45) is 0 Å². The van der Waals surface area contributed by atoms with Crippen molar-refractivity contribution in [1.29, 1.82) is 0 Å². The predicted molar refractivity (Wildman–Crippen MR) is 88.5 cm³/mol. The molecule has 0 aromatic carbocycles. The van der Waals surface area contributed by atoms with Crippen LogP contribution in [-0.2, 0) is 13.0 Å². The number of aromatic nitrogens is 4. The molecule has 1 atom stereocenters. The Morgan fingerprint density at radius 2 is 1.79 bits per heavy atom. The van der Waals surface area contributed by atoms with Gasteiger partial charge in [0.05, 0.1) is 0 Å². The van der Waals surface area contributed by atoms with Gasteiger partial charge in [-0.3, -0.25) is 4.90 Å². The maximum Gasteiger partial charge on any atom is 0.317 e. The maximum atomic E-state index is 12.6. The lowest BCUT2D eigenvalue weighted by Crippen LogP contribution is -2.55. The van der Waals surface area contributed by atoms with E-state index in [1.807, 2.05) is 9.58 Å². The van der Waals surface area contributed by atoms with Gasteiger partial charge in [0.2, 0.25) is 0 Å². The molecule has 24 heavy (non-hydrogen) atoms. The maximum absolute atomic E-state index is 12.6. The first kappa shape index (κ1) is 15.8. The highest BCUT2D eigenvalue weighted by molar-refractivity contribution is 5.74. The Hall–Kier alpha value is -1.70. The van der Waals surface area contributed by atoms with Gasteiger partial charge in [0.1, 0.15) is 0 Å². The molecule has 3 heterocycles. The molecular formula is C16H27N7O. The molecule has 3 aliphatic rings. The van der Waals surface area contributed by atoms with Crippen molar-refractivity contribution in [3.8, 4) is 0 Å². The van der Waals surface area contributed by atoms with Crippen LogP contribution in [0.2, 0.25) is 0 Å². The number of rotatable bonds is 2. The van der Waals surface area contributed by atoms with Gasteiger partial charge in [-0.1, -0.05) is 12.8 Å². The first-order valence-corrected chi connectivity index (χ1v) is 9.34. The zero-order valence-corrected chi connectivity index (χ0v) is 14.2. The molecule has 1 aliphatic carbocycles. The number of piperazine rings is 1. The van der Waals surface area contributed by atoms with Gasteiger partial charge in [-0.05, 0) is 36.1 Å². The zero-order valence-electron chi connectivity index (χ0n) is 14.2. The second-order valence-electron chi connectivity index (χ2n) is 7.25. The van der Waals surface area contributed by atoms with Gasteiger partial charge in [-0.25, -0.2) is 9.48 Å². The molecule has 1 saturated carbocycles. The quantitative estimate of drug-likeness (QED) is 0.859. The standard InChI is InChI=1S/C16H27N7O/c24-16(17-13-5-6-15-18-19-20-23(15)8-7-13)22-11-9-21(10-12-22)14-3-1-2-4-14/h13-14H,1-12H2,(H,17,24). The van der Waals surface area contributed by atoms with E-state index >= 15 is 0 Å². The van der Waals surface area contributed by atoms with Crippen LogP contribution in [0.1, 0.15) is 44.3 Å². The van der Waals surface area contributed by atoms with E-state index in [2.05, 4.69) is 25.7 Å². The summed E-state index contributed by atoms with van der Waals surface area (Å²) in [5.74, 6) is 0.928. The first-order valence-electron chi connectivity index (χ1n) is 9.34. The van der Waals surface area contributed by atoms with Crippen LogP contribution in [0.5, 0.6) is 0 Å². The molecule has 0 radical (unpaired) electrons. The second kappa shape index (κ2) is 7.04. The smallest absolute Gasteiger partial charge is 0.317 e. The monoisotopic (exact) mass is 333 g/mol. The van der Waals surface area contributed by atoms with Crippen LogP contribution in [0, 0.1) is 0 Å². The lowest BCUT2D eigenvalue weighted by Gasteiger charge is -2.38. The molecule has 1 unspecified atom stereocenters. The molecule has 1 aromatic heterocycles. The predicted octanol–water partition coefficient (Wildman–Crippen LogP) is 0.648. The van der Waals surface area contributed by atoms with E-state index in [0.717, 1.165) is 63.9 Å². The molecule has 0 spiro atoms. The Balaban J connectivity index is 1.24. The van der Waals surface area contributed by atoms with Crippen molar-refractivity contribution in [2.45, 2.75) is 63.6 Å². The van der Waals surface area contributed by atoms with Gasteiger partial charge in [-0.2, -0.15) is 0 Å². The van der Waals surface area contributed by atoms with Crippen molar-refractivity contribution in [2.75, 3.05) is 26.2 Å². The van der Waals surface area contributed by atoms with Gasteiger partial charge < -0.3 is 10.2 Å². The Morgan fingerprint density at radius 1 is 1.00 bits per heavy atom. The Kier molecular flexibility index (Phi) is 4.64. The van der Waals surface area contributed by atoms with Gasteiger partial charge in [-0.15, -0.1) is 5.10 Å². The lowest BCUT2D eigenvalue weighted by molar-refractivity contribution is 0.108. The number of aryl methyl sites for hydroxylation is 2. The molecule has 1 N–H and O–H groups in total. The van der Waals surface area contributed by atoms with Crippen LogP contribution in [0.15, 0.2) is 0 Å². The fraction of sp³-hybridized carbons (Fsp3) is 0.875. The third-order valence-corrected chi connectivity index (χ3v) is 5.78. The third-order valence-electron chi connectivity index (χ3n) is 5.78. The topological polar surface area (TPSA) is 79.2 Å². The van der Waals surface area contributed by atoms with Crippen LogP contribution < -0.4 is 5.32 Å². The number of tetrazole rings is 1. The number of carbonyl (C=O) groups is 1. The summed E-state index contributed by atoms with van der Waals surface area (Å²) in [7, 11) is 0. The zero-order chi connectivity index (χ0) is 16.4. The molecule has 2 fully saturated rings. The van der Waals surface area contributed by atoms with Crippen molar-refractivity contribution < 1.29 is 4.79 Å². The van der Waals surface area contributed by atoms with Crippen LogP contribution in [0.4, 0.5) is 4.79 Å². The second-order valence-corrected chi connectivity index (χ2v) is 7.25. The summed E-state index contributed by atoms with van der Waals surface area (Å²) in [4.78, 5) is 17.1. The normalized spacial score (nSPS) is 26.2. The number of fused-ring (bicyclic) bond motifs is 1. The van der Waals surface area contributed by atoms with E-state index in [4.69, 9.17) is 0 Å². The van der Waals surface area contributed by atoms with Crippen molar-refractivity contribution in [3.05, 3.63) is 5.82 Å². The number of hydrogen-bond acceptors (Lipinski definition) is 5. The Labute approximate surface area is 142 Å². The minimum atomic E-state index is 0.0942. The van der Waals surface area contributed by atoms with E-state index in [1.54, 1.807) is 0 Å². The van der Waals surface area contributed by atoms with Gasteiger partial charge in [0.25, 0.3) is 0 Å². The number of nitrogens with zero attached hydrogens (tertiary/aromatic N) is 6. The minimum Gasteiger partial charge on any atom is -0.335 e. The largest absolute Gasteiger partial charge is 0.335 e. The van der Waals surface area contributed by atoms with E-state index in [1.165, 1.54) is 25.7 Å². The first-order chi connectivity index (χ1) is 11.8. The summed E-state index contributed by atoms with van der Waals surface area (Å²) >= 11 is 0. The third kappa shape index (κ3) is 3.38. The molecule has 2 amide bonds. The number of nitrogens with one attached hydrogen (secondary N) is 1. The summed E-state index contributed by atoms with van der Waals surface area (Å²) < 4.78 is 1.85. The Morgan fingerprint density at radius 3 is 2.58 bits per heavy atom. The number of carbonyl (C=O) groups excluding carboxylic acids is 1. The molecule has 2 aliphatic heterocycles. The van der Waals surface area contributed by atoms with Crippen LogP contribution in [0.25, 0.3) is 0 Å². The van der Waals surface area contributed by atoms with Crippen molar-refractivity contribution in [3.63, 3.8) is 0 Å². The summed E-state index contributed by atoms with van der Waals surface area (Å²) in [5.41, 5.74) is 0. The summed E-state index contributed by atoms with van der Waals surface area (Å²) in [6, 6.07) is 1.06. The van der Waals surface area contributed by atoms with Crippen LogP contribution in [-0.4, -0.2) is 74.3 Å². The van der Waals surface area contributed by atoms with Gasteiger partial charge >= 0.3 is 6.03 Å². The molecule has 8 heteroatoms. The fourth-order valence-electron chi connectivity index (χ4n) is 4.27. The molecule has 1 saturated heterocycles. The average molecular weight is 333 g/mol. The average Bonchev–Trinajstić information content (AvgIpc) is 3.26. The summed E-state index contributed by atoms with van der Waals surface area (Å²) in [6.07, 6.45) is 8.05. The van der Waals surface area contributed by atoms with Gasteiger partial charge in [0, 0.05) is 51.2 Å². The molecular weight excluding hydrogens is 306 g/mol. The number of hydrogen-bond donors (Lipinski definition) is 1. The van der Waals surface area contributed by atoms with Crippen LogP contribution >= 0.6 is 0 Å². The van der Waals surface area contributed by atoms with E-state index in [9.17, 15) is 4.79 Å². The van der Waals surface area contributed by atoms with Crippen molar-refractivity contribution in [1.82, 2.24) is 35.3 Å². The SMILES string of the molecule is O=C(NC1CCc2nnnn2CC1)N1CCN(C2CCCC2)CC1. The highest BCUT2D eigenvalue weighted by atomic mass is 16.2. The molecule has 132 valence electrons. The van der Waals surface area contributed by atoms with E-state index in [0.29, 0.717) is 0 Å². The lowest BCUT2D eigenvalue weighted by atomic mass is 10.1. The molecule has 4 rings (SSSR count).